The summed E-state index contributed by atoms with van der Waals surface area (Å²) < 4.78 is 37.0. The summed E-state index contributed by atoms with van der Waals surface area (Å²) in [5.74, 6) is -0.995. The summed E-state index contributed by atoms with van der Waals surface area (Å²) >= 11 is 0. The predicted octanol–water partition coefficient (Wildman–Crippen LogP) is 2.94. The molecule has 5 nitrogen and oxygen atoms in total. The number of halogens is 3. The van der Waals surface area contributed by atoms with E-state index in [0.29, 0.717) is 0 Å². The number of alkyl halides is 3. The molecule has 2 heterocycles. The molecular weight excluding hydrogens is 275 g/mol. The van der Waals surface area contributed by atoms with Crippen molar-refractivity contribution in [1.82, 2.24) is 9.97 Å². The van der Waals surface area contributed by atoms with Crippen molar-refractivity contribution in [3.05, 3.63) is 47.9 Å². The minimum absolute atomic E-state index is 0.171. The molecule has 104 valence electrons. The molecule has 0 fully saturated rings. The first kappa shape index (κ1) is 13.8. The number of carboxylic acid groups (broad SMARTS) is 1. The summed E-state index contributed by atoms with van der Waals surface area (Å²) in [7, 11) is 0. The zero-order valence-electron chi connectivity index (χ0n) is 9.85. The number of carboxylic acids is 1. The second kappa shape index (κ2) is 5.16. The predicted molar refractivity (Wildman–Crippen MR) is 63.7 cm³/mol. The number of aromatic nitrogens is 2. The number of hydrogen-bond acceptors (Lipinski definition) is 4. The van der Waals surface area contributed by atoms with Crippen LogP contribution >= 0.6 is 0 Å². The van der Waals surface area contributed by atoms with Crippen LogP contribution in [0, 0.1) is 0 Å². The van der Waals surface area contributed by atoms with Gasteiger partial charge in [0.2, 0.25) is 0 Å². The molecule has 0 aliphatic rings. The van der Waals surface area contributed by atoms with E-state index in [9.17, 15) is 18.0 Å². The monoisotopic (exact) mass is 283 g/mol. The van der Waals surface area contributed by atoms with Crippen LogP contribution in [0.2, 0.25) is 0 Å². The first-order chi connectivity index (χ1) is 9.36. The van der Waals surface area contributed by atoms with Gasteiger partial charge < -0.3 is 10.4 Å². The van der Waals surface area contributed by atoms with Crippen molar-refractivity contribution >= 4 is 17.5 Å². The van der Waals surface area contributed by atoms with Gasteiger partial charge in [0.15, 0.2) is 5.69 Å². The Morgan fingerprint density at radius 2 is 1.95 bits per heavy atom. The van der Waals surface area contributed by atoms with Gasteiger partial charge in [-0.25, -0.2) is 14.8 Å². The van der Waals surface area contributed by atoms with E-state index in [1.54, 1.807) is 0 Å². The Morgan fingerprint density at radius 1 is 1.20 bits per heavy atom. The van der Waals surface area contributed by atoms with Crippen LogP contribution in [0.25, 0.3) is 0 Å². The van der Waals surface area contributed by atoms with Crippen LogP contribution < -0.4 is 5.32 Å². The van der Waals surface area contributed by atoms with Gasteiger partial charge in [0.05, 0.1) is 11.9 Å². The smallest absolute Gasteiger partial charge is 0.433 e. The summed E-state index contributed by atoms with van der Waals surface area (Å²) in [4.78, 5) is 17.8. The number of anilines is 2. The molecule has 0 bridgehead atoms. The van der Waals surface area contributed by atoms with Crippen LogP contribution in [0.4, 0.5) is 24.7 Å². The Balaban J connectivity index is 2.18. The second-order valence-corrected chi connectivity index (χ2v) is 3.77. The first-order valence-corrected chi connectivity index (χ1v) is 5.37. The summed E-state index contributed by atoms with van der Waals surface area (Å²) in [6.45, 7) is 0. The number of carbonyl (C=O) groups is 1. The molecule has 8 heteroatoms. The molecule has 0 atom stereocenters. The quantitative estimate of drug-likeness (QED) is 0.905. The first-order valence-electron chi connectivity index (χ1n) is 5.37. The number of rotatable bonds is 3. The average molecular weight is 283 g/mol. The van der Waals surface area contributed by atoms with Gasteiger partial charge in [-0.2, -0.15) is 13.2 Å². The molecule has 0 aromatic carbocycles. The average Bonchev–Trinajstić information content (AvgIpc) is 2.38. The highest BCUT2D eigenvalue weighted by Gasteiger charge is 2.31. The molecule has 2 rings (SSSR count). The van der Waals surface area contributed by atoms with Crippen LogP contribution in [0.3, 0.4) is 0 Å². The molecule has 0 aliphatic heterocycles. The third-order valence-corrected chi connectivity index (χ3v) is 2.29. The van der Waals surface area contributed by atoms with Crippen molar-refractivity contribution in [2.45, 2.75) is 6.18 Å². The van der Waals surface area contributed by atoms with Gasteiger partial charge in [0.25, 0.3) is 0 Å². The van der Waals surface area contributed by atoms with Gasteiger partial charge >= 0.3 is 12.1 Å². The molecular formula is C12H8F3N3O2. The molecule has 20 heavy (non-hydrogen) atoms. The van der Waals surface area contributed by atoms with E-state index in [1.807, 2.05) is 0 Å². The zero-order valence-corrected chi connectivity index (χ0v) is 9.85. The van der Waals surface area contributed by atoms with E-state index < -0.39 is 17.8 Å². The topological polar surface area (TPSA) is 75.1 Å². The lowest BCUT2D eigenvalue weighted by Crippen LogP contribution is -2.08. The van der Waals surface area contributed by atoms with E-state index in [0.717, 1.165) is 12.3 Å². The van der Waals surface area contributed by atoms with Crippen molar-refractivity contribution in [3.63, 3.8) is 0 Å². The summed E-state index contributed by atoms with van der Waals surface area (Å²) in [5, 5.41) is 11.4. The van der Waals surface area contributed by atoms with Crippen LogP contribution in [-0.2, 0) is 6.18 Å². The van der Waals surface area contributed by atoms with Crippen molar-refractivity contribution in [2.24, 2.45) is 0 Å². The third kappa shape index (κ3) is 3.22. The number of nitrogens with zero attached hydrogens (tertiary/aromatic N) is 2. The van der Waals surface area contributed by atoms with Gasteiger partial charge in [-0.1, -0.05) is 6.07 Å². The normalized spacial score (nSPS) is 11.2. The highest BCUT2D eigenvalue weighted by molar-refractivity contribution is 5.85. The Labute approximate surface area is 111 Å². The number of pyridine rings is 2. The molecule has 0 radical (unpaired) electrons. The van der Waals surface area contributed by atoms with E-state index in [4.69, 9.17) is 5.11 Å². The molecule has 0 unspecified atom stereocenters. The fraction of sp³-hybridized carbons (Fsp3) is 0.0833. The summed E-state index contributed by atoms with van der Waals surface area (Å²) in [5.41, 5.74) is -0.904. The highest BCUT2D eigenvalue weighted by atomic mass is 19.4. The molecule has 0 aliphatic carbocycles. The SMILES string of the molecule is O=C(O)c1cccc(Nc2ccc(C(F)(F)F)nc2)n1. The van der Waals surface area contributed by atoms with Gasteiger partial charge in [-0.05, 0) is 24.3 Å². The van der Waals surface area contributed by atoms with E-state index in [2.05, 4.69) is 15.3 Å². The van der Waals surface area contributed by atoms with E-state index in [-0.39, 0.29) is 17.2 Å². The molecule has 0 saturated carbocycles. The molecule has 2 aromatic heterocycles. The molecule has 0 spiro atoms. The Kier molecular flexibility index (Phi) is 3.55. The van der Waals surface area contributed by atoms with Crippen LogP contribution in [0.5, 0.6) is 0 Å². The molecule has 2 N–H and O–H groups in total. The third-order valence-electron chi connectivity index (χ3n) is 2.29. The minimum atomic E-state index is -4.50. The summed E-state index contributed by atoms with van der Waals surface area (Å²) in [6.07, 6.45) is -3.50. The maximum absolute atomic E-state index is 12.3. The molecule has 2 aromatic rings. The lowest BCUT2D eigenvalue weighted by molar-refractivity contribution is -0.141. The minimum Gasteiger partial charge on any atom is -0.477 e. The van der Waals surface area contributed by atoms with Crippen LogP contribution in [0.1, 0.15) is 16.2 Å². The maximum atomic E-state index is 12.3. The summed E-state index contributed by atoms with van der Waals surface area (Å²) in [6, 6.07) is 6.27. The van der Waals surface area contributed by atoms with Gasteiger partial charge in [-0.3, -0.25) is 0 Å². The van der Waals surface area contributed by atoms with Crippen molar-refractivity contribution in [1.29, 1.82) is 0 Å². The Morgan fingerprint density at radius 3 is 2.50 bits per heavy atom. The largest absolute Gasteiger partial charge is 0.477 e. The zero-order chi connectivity index (χ0) is 14.8. The second-order valence-electron chi connectivity index (χ2n) is 3.77. The van der Waals surface area contributed by atoms with Crippen molar-refractivity contribution in [2.75, 3.05) is 5.32 Å². The van der Waals surface area contributed by atoms with Gasteiger partial charge in [-0.15, -0.1) is 0 Å². The fourth-order valence-corrected chi connectivity index (χ4v) is 1.41. The number of hydrogen-bond donors (Lipinski definition) is 2. The highest BCUT2D eigenvalue weighted by Crippen LogP contribution is 2.28. The number of aromatic carboxylic acids is 1. The van der Waals surface area contributed by atoms with Crippen LogP contribution in [0.15, 0.2) is 36.5 Å². The number of nitrogens with one attached hydrogen (secondary N) is 1. The lowest BCUT2D eigenvalue weighted by atomic mass is 10.3. The van der Waals surface area contributed by atoms with E-state index >= 15 is 0 Å². The fourth-order valence-electron chi connectivity index (χ4n) is 1.41. The Hall–Kier alpha value is -2.64. The van der Waals surface area contributed by atoms with Crippen molar-refractivity contribution in [3.8, 4) is 0 Å². The standard InChI is InChI=1S/C12H8F3N3O2/c13-12(14,15)9-5-4-7(6-16-9)17-10-3-1-2-8(18-10)11(19)20/h1-6H,(H,17,18)(H,19,20). The maximum Gasteiger partial charge on any atom is 0.433 e. The molecule has 0 amide bonds. The lowest BCUT2D eigenvalue weighted by Gasteiger charge is -2.08. The Bertz CT molecular complexity index is 627. The van der Waals surface area contributed by atoms with Crippen molar-refractivity contribution < 1.29 is 23.1 Å². The van der Waals surface area contributed by atoms with Gasteiger partial charge in [0, 0.05) is 0 Å². The molecule has 0 saturated heterocycles. The van der Waals surface area contributed by atoms with E-state index in [1.165, 1.54) is 24.3 Å². The van der Waals surface area contributed by atoms with Crippen LogP contribution in [-0.4, -0.2) is 21.0 Å². The van der Waals surface area contributed by atoms with Gasteiger partial charge in [0.1, 0.15) is 11.5 Å².